The number of nitrogens with zero attached hydrogens (tertiary/aromatic N) is 4. The summed E-state index contributed by atoms with van der Waals surface area (Å²) in [5, 5.41) is 16.4. The Labute approximate surface area is 158 Å². The van der Waals surface area contributed by atoms with Crippen molar-refractivity contribution in [2.75, 3.05) is 5.32 Å². The second-order valence-corrected chi connectivity index (χ2v) is 7.62. The van der Waals surface area contributed by atoms with Crippen molar-refractivity contribution in [1.82, 2.24) is 20.3 Å². The molecule has 0 spiro atoms. The van der Waals surface area contributed by atoms with Gasteiger partial charge in [-0.1, -0.05) is 76.8 Å². The number of hydrogen-bond acceptors (Lipinski definition) is 8. The van der Waals surface area contributed by atoms with Gasteiger partial charge in [0.15, 0.2) is 10.2 Å². The van der Waals surface area contributed by atoms with Gasteiger partial charge in [0.1, 0.15) is 0 Å². The molecule has 8 heteroatoms. The summed E-state index contributed by atoms with van der Waals surface area (Å²) in [7, 11) is 0. The van der Waals surface area contributed by atoms with Gasteiger partial charge < -0.3 is 9.84 Å². The summed E-state index contributed by atoms with van der Waals surface area (Å²) in [6.07, 6.45) is 0.666. The lowest BCUT2D eigenvalue weighted by Gasteiger charge is -1.99. The van der Waals surface area contributed by atoms with Crippen LogP contribution in [0.5, 0.6) is 0 Å². The fraction of sp³-hybridized carbons (Fsp3) is 0.111. The first-order chi connectivity index (χ1) is 12.8. The van der Waals surface area contributed by atoms with Crippen molar-refractivity contribution in [3.8, 4) is 0 Å². The van der Waals surface area contributed by atoms with E-state index in [1.165, 1.54) is 23.1 Å². The molecule has 4 rings (SSSR count). The average Bonchev–Trinajstić information content (AvgIpc) is 3.31. The van der Waals surface area contributed by atoms with E-state index in [-0.39, 0.29) is 0 Å². The first kappa shape index (κ1) is 16.7. The molecule has 0 fully saturated rings. The van der Waals surface area contributed by atoms with E-state index in [0.29, 0.717) is 23.9 Å². The van der Waals surface area contributed by atoms with Crippen LogP contribution in [0.25, 0.3) is 0 Å². The summed E-state index contributed by atoms with van der Waals surface area (Å²) < 4.78 is 6.17. The Kier molecular flexibility index (Phi) is 5.22. The quantitative estimate of drug-likeness (QED) is 0.471. The zero-order valence-electron chi connectivity index (χ0n) is 13.7. The molecule has 2 aromatic carbocycles. The minimum atomic E-state index is 0.571. The van der Waals surface area contributed by atoms with Gasteiger partial charge in [0.2, 0.25) is 11.0 Å². The third-order valence-corrected chi connectivity index (χ3v) is 5.42. The van der Waals surface area contributed by atoms with E-state index < -0.39 is 0 Å². The van der Waals surface area contributed by atoms with Gasteiger partial charge in [0.05, 0.1) is 5.75 Å². The van der Waals surface area contributed by atoms with Gasteiger partial charge >= 0.3 is 0 Å². The van der Waals surface area contributed by atoms with Gasteiger partial charge in [-0.05, 0) is 17.7 Å². The van der Waals surface area contributed by atoms with E-state index >= 15 is 0 Å². The summed E-state index contributed by atoms with van der Waals surface area (Å²) in [6, 6.07) is 20.0. The lowest BCUT2D eigenvalue weighted by atomic mass is 10.1. The molecule has 130 valence electrons. The van der Waals surface area contributed by atoms with E-state index in [1.54, 1.807) is 0 Å². The Balaban J connectivity index is 1.32. The lowest BCUT2D eigenvalue weighted by molar-refractivity contribution is 0.386. The van der Waals surface area contributed by atoms with Gasteiger partial charge in [-0.25, -0.2) is 0 Å². The van der Waals surface area contributed by atoms with Crippen LogP contribution in [0.4, 0.5) is 10.8 Å². The van der Waals surface area contributed by atoms with Crippen molar-refractivity contribution in [3.05, 3.63) is 77.9 Å². The maximum absolute atomic E-state index is 5.32. The SMILES string of the molecule is c1ccc(Cc2noc(CSc3nnc(Nc4ccccc4)s3)n2)cc1. The molecule has 2 aromatic heterocycles. The number of rotatable bonds is 7. The Morgan fingerprint density at radius 2 is 1.73 bits per heavy atom. The molecule has 0 unspecified atom stereocenters. The number of thioether (sulfide) groups is 1. The molecule has 2 heterocycles. The molecular weight excluding hydrogens is 366 g/mol. The highest BCUT2D eigenvalue weighted by molar-refractivity contribution is 8.00. The molecule has 4 aromatic rings. The summed E-state index contributed by atoms with van der Waals surface area (Å²) >= 11 is 3.03. The predicted molar refractivity (Wildman–Crippen MR) is 103 cm³/mol. The smallest absolute Gasteiger partial charge is 0.237 e. The molecule has 0 saturated heterocycles. The highest BCUT2D eigenvalue weighted by Crippen LogP contribution is 2.29. The van der Waals surface area contributed by atoms with Crippen LogP contribution in [0.15, 0.2) is 69.5 Å². The largest absolute Gasteiger partial charge is 0.338 e. The van der Waals surface area contributed by atoms with Crippen molar-refractivity contribution in [3.63, 3.8) is 0 Å². The normalized spacial score (nSPS) is 10.8. The molecule has 26 heavy (non-hydrogen) atoms. The van der Waals surface area contributed by atoms with E-state index in [1.807, 2.05) is 60.7 Å². The van der Waals surface area contributed by atoms with Gasteiger partial charge in [0.25, 0.3) is 0 Å². The van der Waals surface area contributed by atoms with E-state index in [4.69, 9.17) is 4.52 Å². The number of nitrogens with one attached hydrogen (secondary N) is 1. The van der Waals surface area contributed by atoms with Crippen LogP contribution in [0.3, 0.4) is 0 Å². The van der Waals surface area contributed by atoms with Gasteiger partial charge in [-0.2, -0.15) is 4.98 Å². The molecule has 0 aliphatic rings. The second-order valence-electron chi connectivity index (χ2n) is 5.42. The molecule has 0 saturated carbocycles. The zero-order chi connectivity index (χ0) is 17.6. The molecule has 0 radical (unpaired) electrons. The average molecular weight is 381 g/mol. The number of benzene rings is 2. The van der Waals surface area contributed by atoms with Gasteiger partial charge in [0, 0.05) is 12.1 Å². The van der Waals surface area contributed by atoms with Crippen molar-refractivity contribution < 1.29 is 4.52 Å². The topological polar surface area (TPSA) is 76.7 Å². The van der Waals surface area contributed by atoms with Crippen LogP contribution in [-0.2, 0) is 12.2 Å². The number of hydrogen-bond donors (Lipinski definition) is 1. The molecule has 0 amide bonds. The molecule has 6 nitrogen and oxygen atoms in total. The maximum Gasteiger partial charge on any atom is 0.237 e. The third-order valence-electron chi connectivity index (χ3n) is 3.47. The van der Waals surface area contributed by atoms with Crippen LogP contribution < -0.4 is 5.32 Å². The Hall–Kier alpha value is -2.71. The molecular formula is C18H15N5OS2. The summed E-state index contributed by atoms with van der Waals surface area (Å²) in [6.45, 7) is 0. The summed E-state index contributed by atoms with van der Waals surface area (Å²) in [4.78, 5) is 4.44. The molecule has 0 aliphatic carbocycles. The second kappa shape index (κ2) is 8.11. The van der Waals surface area contributed by atoms with Crippen LogP contribution in [0.1, 0.15) is 17.3 Å². The molecule has 0 aliphatic heterocycles. The molecule has 0 atom stereocenters. The minimum Gasteiger partial charge on any atom is -0.338 e. The van der Waals surface area contributed by atoms with E-state index in [0.717, 1.165) is 20.7 Å². The van der Waals surface area contributed by atoms with Crippen LogP contribution >= 0.6 is 23.1 Å². The van der Waals surface area contributed by atoms with Crippen LogP contribution in [-0.4, -0.2) is 20.3 Å². The first-order valence-electron chi connectivity index (χ1n) is 7.99. The number of anilines is 2. The zero-order valence-corrected chi connectivity index (χ0v) is 15.3. The monoisotopic (exact) mass is 381 g/mol. The highest BCUT2D eigenvalue weighted by Gasteiger charge is 2.10. The fourth-order valence-electron chi connectivity index (χ4n) is 2.29. The van der Waals surface area contributed by atoms with Crippen molar-refractivity contribution in [2.24, 2.45) is 0 Å². The fourth-order valence-corrected chi connectivity index (χ4v) is 3.90. The maximum atomic E-state index is 5.32. The van der Waals surface area contributed by atoms with Crippen LogP contribution in [0.2, 0.25) is 0 Å². The third kappa shape index (κ3) is 4.47. The van der Waals surface area contributed by atoms with E-state index in [9.17, 15) is 0 Å². The predicted octanol–water partition coefficient (Wildman–Crippen LogP) is 4.55. The van der Waals surface area contributed by atoms with Crippen molar-refractivity contribution in [1.29, 1.82) is 0 Å². The number of aromatic nitrogens is 4. The summed E-state index contributed by atoms with van der Waals surface area (Å²) in [5.74, 6) is 1.85. The standard InChI is InChI=1S/C18H15N5OS2/c1-3-7-13(8-4-1)11-15-20-16(24-23-15)12-25-18-22-21-17(26-18)19-14-9-5-2-6-10-14/h1-10H,11-12H2,(H,19,21). The molecule has 1 N–H and O–H groups in total. The Bertz CT molecular complexity index is 876. The number of para-hydroxylation sites is 1. The summed E-state index contributed by atoms with van der Waals surface area (Å²) in [5.41, 5.74) is 2.15. The molecule has 0 bridgehead atoms. The Morgan fingerprint density at radius 3 is 2.54 bits per heavy atom. The van der Waals surface area contributed by atoms with E-state index in [2.05, 4.69) is 25.7 Å². The Morgan fingerprint density at radius 1 is 0.962 bits per heavy atom. The highest BCUT2D eigenvalue weighted by atomic mass is 32.2. The van der Waals surface area contributed by atoms with Crippen molar-refractivity contribution >= 4 is 33.9 Å². The van der Waals surface area contributed by atoms with Crippen LogP contribution in [0, 0.1) is 0 Å². The van der Waals surface area contributed by atoms with Gasteiger partial charge in [-0.15, -0.1) is 10.2 Å². The lowest BCUT2D eigenvalue weighted by Crippen LogP contribution is -1.90. The van der Waals surface area contributed by atoms with Crippen molar-refractivity contribution in [2.45, 2.75) is 16.5 Å². The minimum absolute atomic E-state index is 0.571. The van der Waals surface area contributed by atoms with Gasteiger partial charge in [-0.3, -0.25) is 0 Å². The first-order valence-corrected chi connectivity index (χ1v) is 9.79.